The van der Waals surface area contributed by atoms with Gasteiger partial charge in [0.2, 0.25) is 0 Å². The van der Waals surface area contributed by atoms with Crippen molar-refractivity contribution in [3.63, 3.8) is 0 Å². The van der Waals surface area contributed by atoms with Gasteiger partial charge in [-0.3, -0.25) is 0 Å². The summed E-state index contributed by atoms with van der Waals surface area (Å²) in [7, 11) is 0. The maximum Gasteiger partial charge on any atom is 0.165 e. The highest BCUT2D eigenvalue weighted by Gasteiger charge is 2.53. The summed E-state index contributed by atoms with van der Waals surface area (Å²) in [5.74, 6) is 1.69. The molecule has 3 N–H and O–H groups in total. The lowest BCUT2D eigenvalue weighted by Gasteiger charge is -2.59. The van der Waals surface area contributed by atoms with E-state index < -0.39 is 5.82 Å². The van der Waals surface area contributed by atoms with Gasteiger partial charge in [0.25, 0.3) is 0 Å². The van der Waals surface area contributed by atoms with Gasteiger partial charge in [0, 0.05) is 6.04 Å². The zero-order valence-corrected chi connectivity index (χ0v) is 11.7. The highest BCUT2D eigenvalue weighted by molar-refractivity contribution is 5.31. The second kappa shape index (κ2) is 4.20. The number of hydrogen-bond donors (Lipinski definition) is 2. The van der Waals surface area contributed by atoms with E-state index in [4.69, 9.17) is 5.73 Å². The van der Waals surface area contributed by atoms with Crippen molar-refractivity contribution in [1.29, 1.82) is 0 Å². The van der Waals surface area contributed by atoms with Crippen LogP contribution in [0.25, 0.3) is 0 Å². The molecule has 0 saturated heterocycles. The van der Waals surface area contributed by atoms with Crippen LogP contribution in [0, 0.1) is 29.0 Å². The Morgan fingerprint density at radius 1 is 1.10 bits per heavy atom. The number of phenols is 1. The Kier molecular flexibility index (Phi) is 2.65. The molecule has 0 radical (unpaired) electrons. The Balaban J connectivity index is 1.67. The molecule has 4 bridgehead atoms. The third-order valence-electron chi connectivity index (χ3n) is 6.08. The molecule has 0 aliphatic heterocycles. The van der Waals surface area contributed by atoms with Crippen molar-refractivity contribution in [3.05, 3.63) is 29.6 Å². The van der Waals surface area contributed by atoms with E-state index in [9.17, 15) is 9.50 Å². The largest absolute Gasteiger partial charge is 0.505 e. The second-order valence-electron chi connectivity index (χ2n) is 7.47. The third kappa shape index (κ3) is 1.79. The fraction of sp³-hybridized carbons (Fsp3) is 0.647. The van der Waals surface area contributed by atoms with Gasteiger partial charge in [-0.2, -0.15) is 0 Å². The minimum Gasteiger partial charge on any atom is -0.505 e. The van der Waals surface area contributed by atoms with Gasteiger partial charge < -0.3 is 10.8 Å². The fourth-order valence-corrected chi connectivity index (χ4v) is 5.63. The average Bonchev–Trinajstić information content (AvgIpc) is 2.39. The highest BCUT2D eigenvalue weighted by atomic mass is 19.1. The molecule has 0 heterocycles. The molecule has 20 heavy (non-hydrogen) atoms. The summed E-state index contributed by atoms with van der Waals surface area (Å²) in [4.78, 5) is 0. The Hall–Kier alpha value is -1.09. The molecule has 1 aromatic carbocycles. The molecule has 0 aromatic heterocycles. The van der Waals surface area contributed by atoms with Crippen molar-refractivity contribution in [2.45, 2.75) is 44.6 Å². The SMILES string of the molecule is NC(c1ccc(O)c(F)c1)C12CC3CC(CC(C3)C1)C2. The van der Waals surface area contributed by atoms with Gasteiger partial charge >= 0.3 is 0 Å². The van der Waals surface area contributed by atoms with Crippen LogP contribution >= 0.6 is 0 Å². The van der Waals surface area contributed by atoms with Crippen molar-refractivity contribution in [2.75, 3.05) is 0 Å². The summed E-state index contributed by atoms with van der Waals surface area (Å²) in [6.45, 7) is 0. The molecule has 1 unspecified atom stereocenters. The molecule has 5 rings (SSSR count). The van der Waals surface area contributed by atoms with Crippen LogP contribution in [-0.4, -0.2) is 5.11 Å². The van der Waals surface area contributed by atoms with E-state index in [2.05, 4.69) is 0 Å². The van der Waals surface area contributed by atoms with Crippen molar-refractivity contribution >= 4 is 0 Å². The number of benzene rings is 1. The minimum absolute atomic E-state index is 0.0917. The van der Waals surface area contributed by atoms with Crippen LogP contribution in [0.15, 0.2) is 18.2 Å². The smallest absolute Gasteiger partial charge is 0.165 e. The summed E-state index contributed by atoms with van der Waals surface area (Å²) in [6, 6.07) is 4.57. The number of phenolic OH excluding ortho intramolecular Hbond substituents is 1. The Morgan fingerprint density at radius 3 is 2.15 bits per heavy atom. The Morgan fingerprint density at radius 2 is 1.65 bits per heavy atom. The van der Waals surface area contributed by atoms with E-state index in [0.717, 1.165) is 23.3 Å². The van der Waals surface area contributed by atoms with Crippen LogP contribution in [0.2, 0.25) is 0 Å². The number of halogens is 1. The fourth-order valence-electron chi connectivity index (χ4n) is 5.63. The molecule has 4 saturated carbocycles. The standard InChI is InChI=1S/C17H22FNO/c18-14-6-13(1-2-15(14)20)16(19)17-7-10-3-11(8-17)5-12(4-10)9-17/h1-2,6,10-12,16,20H,3-5,7-9,19H2. The second-order valence-corrected chi connectivity index (χ2v) is 7.47. The van der Waals surface area contributed by atoms with Crippen molar-refractivity contribution in [1.82, 2.24) is 0 Å². The summed E-state index contributed by atoms with van der Waals surface area (Å²) in [5.41, 5.74) is 7.59. The predicted octanol–water partition coefficient (Wildman–Crippen LogP) is 3.75. The van der Waals surface area contributed by atoms with Crippen molar-refractivity contribution < 1.29 is 9.50 Å². The lowest BCUT2D eigenvalue weighted by atomic mass is 9.47. The van der Waals surface area contributed by atoms with Crippen LogP contribution in [0.5, 0.6) is 5.75 Å². The highest BCUT2D eigenvalue weighted by Crippen LogP contribution is 2.63. The molecule has 4 fully saturated rings. The normalized spacial score (nSPS) is 40.0. The number of hydrogen-bond acceptors (Lipinski definition) is 2. The van der Waals surface area contributed by atoms with Crippen LogP contribution in [0.3, 0.4) is 0 Å². The summed E-state index contributed by atoms with van der Waals surface area (Å²) in [5, 5.41) is 9.34. The van der Waals surface area contributed by atoms with Crippen molar-refractivity contribution in [2.24, 2.45) is 28.9 Å². The molecule has 1 aromatic rings. The monoisotopic (exact) mass is 275 g/mol. The molecule has 2 nitrogen and oxygen atoms in total. The Bertz CT molecular complexity index is 507. The van der Waals surface area contributed by atoms with E-state index in [-0.39, 0.29) is 17.2 Å². The van der Waals surface area contributed by atoms with E-state index in [1.165, 1.54) is 50.7 Å². The molecule has 0 spiro atoms. The number of nitrogens with two attached hydrogens (primary N) is 1. The molecule has 0 amide bonds. The van der Waals surface area contributed by atoms with Gasteiger partial charge in [0.15, 0.2) is 11.6 Å². The number of rotatable bonds is 2. The lowest BCUT2D eigenvalue weighted by Crippen LogP contribution is -2.50. The molecular formula is C17H22FNO. The van der Waals surface area contributed by atoms with E-state index >= 15 is 0 Å². The average molecular weight is 275 g/mol. The lowest BCUT2D eigenvalue weighted by molar-refractivity contribution is -0.0678. The Labute approximate surface area is 119 Å². The molecular weight excluding hydrogens is 253 g/mol. The van der Waals surface area contributed by atoms with Gasteiger partial charge in [-0.05, 0) is 79.4 Å². The third-order valence-corrected chi connectivity index (χ3v) is 6.08. The van der Waals surface area contributed by atoms with Crippen LogP contribution < -0.4 is 5.73 Å². The van der Waals surface area contributed by atoms with Crippen LogP contribution in [-0.2, 0) is 0 Å². The van der Waals surface area contributed by atoms with Gasteiger partial charge in [0.1, 0.15) is 0 Å². The van der Waals surface area contributed by atoms with E-state index in [1.807, 2.05) is 0 Å². The first-order chi connectivity index (χ1) is 9.56. The summed E-state index contributed by atoms with van der Waals surface area (Å²) >= 11 is 0. The van der Waals surface area contributed by atoms with Gasteiger partial charge in [-0.1, -0.05) is 6.07 Å². The zero-order valence-electron chi connectivity index (χ0n) is 11.7. The predicted molar refractivity (Wildman–Crippen MR) is 75.6 cm³/mol. The summed E-state index contributed by atoms with van der Waals surface area (Å²) in [6.07, 6.45) is 7.79. The van der Waals surface area contributed by atoms with E-state index in [1.54, 1.807) is 6.07 Å². The zero-order chi connectivity index (χ0) is 13.9. The molecule has 3 heteroatoms. The van der Waals surface area contributed by atoms with Crippen LogP contribution in [0.1, 0.15) is 50.1 Å². The molecule has 108 valence electrons. The molecule has 4 aliphatic rings. The summed E-state index contributed by atoms with van der Waals surface area (Å²) < 4.78 is 13.6. The first-order valence-electron chi connectivity index (χ1n) is 7.80. The van der Waals surface area contributed by atoms with E-state index in [0.29, 0.717) is 0 Å². The van der Waals surface area contributed by atoms with Gasteiger partial charge in [-0.25, -0.2) is 4.39 Å². The van der Waals surface area contributed by atoms with Gasteiger partial charge in [-0.15, -0.1) is 0 Å². The quantitative estimate of drug-likeness (QED) is 0.863. The van der Waals surface area contributed by atoms with Gasteiger partial charge in [0.05, 0.1) is 0 Å². The maximum absolute atomic E-state index is 13.6. The molecule has 1 atom stereocenters. The topological polar surface area (TPSA) is 46.2 Å². The minimum atomic E-state index is -0.553. The maximum atomic E-state index is 13.6. The first kappa shape index (κ1) is 12.6. The molecule has 4 aliphatic carbocycles. The van der Waals surface area contributed by atoms with Crippen molar-refractivity contribution in [3.8, 4) is 5.75 Å². The van der Waals surface area contributed by atoms with Crippen LogP contribution in [0.4, 0.5) is 4.39 Å². The first-order valence-corrected chi connectivity index (χ1v) is 7.80. The number of aromatic hydroxyl groups is 1.